The molecule has 0 unspecified atom stereocenters. The fraction of sp³-hybridized carbons (Fsp3) is 0.150. The number of hydrogen-bond donors (Lipinski definition) is 0. The lowest BCUT2D eigenvalue weighted by Gasteiger charge is -2.11. The predicted molar refractivity (Wildman–Crippen MR) is 106 cm³/mol. The second-order valence-electron chi connectivity index (χ2n) is 6.00. The molecule has 0 saturated heterocycles. The topological polar surface area (TPSA) is 12.9 Å². The first-order valence-corrected chi connectivity index (χ1v) is 9.85. The van der Waals surface area contributed by atoms with Gasteiger partial charge in [0.05, 0.1) is 4.90 Å². The summed E-state index contributed by atoms with van der Waals surface area (Å²) in [4.78, 5) is 5.24. The van der Waals surface area contributed by atoms with Gasteiger partial charge in [0.2, 0.25) is 0 Å². The van der Waals surface area contributed by atoms with Crippen LogP contribution in [-0.4, -0.2) is 4.98 Å². The molecule has 0 aliphatic rings. The van der Waals surface area contributed by atoms with Crippen LogP contribution in [0.3, 0.4) is 0 Å². The fourth-order valence-corrected chi connectivity index (χ4v) is 4.15. The molecule has 26 heavy (non-hydrogen) atoms. The summed E-state index contributed by atoms with van der Waals surface area (Å²) in [6, 6.07) is 9.74. The van der Waals surface area contributed by atoms with Crippen molar-refractivity contribution >= 4 is 39.3 Å². The van der Waals surface area contributed by atoms with Crippen molar-refractivity contribution in [3.05, 3.63) is 86.1 Å². The molecular formula is C20H15BrClF2NS. The van der Waals surface area contributed by atoms with E-state index in [0.29, 0.717) is 15.2 Å². The van der Waals surface area contributed by atoms with Crippen molar-refractivity contribution in [1.82, 2.24) is 4.98 Å². The number of rotatable bonds is 4. The minimum Gasteiger partial charge on any atom is -0.249 e. The van der Waals surface area contributed by atoms with E-state index in [-0.39, 0.29) is 11.3 Å². The van der Waals surface area contributed by atoms with Gasteiger partial charge in [0.25, 0.3) is 0 Å². The molecule has 0 atom stereocenters. The smallest absolute Gasteiger partial charge is 0.140 e. The Morgan fingerprint density at radius 1 is 1.04 bits per heavy atom. The highest BCUT2D eigenvalue weighted by Gasteiger charge is 2.14. The van der Waals surface area contributed by atoms with Crippen LogP contribution in [0.4, 0.5) is 8.78 Å². The van der Waals surface area contributed by atoms with Gasteiger partial charge in [-0.05, 0) is 88.4 Å². The average molecular weight is 455 g/mol. The number of pyridine rings is 1. The summed E-state index contributed by atoms with van der Waals surface area (Å²) in [5.41, 5.74) is 3.03. The molecule has 6 heteroatoms. The van der Waals surface area contributed by atoms with E-state index in [1.54, 1.807) is 18.3 Å². The first-order chi connectivity index (χ1) is 12.3. The van der Waals surface area contributed by atoms with Gasteiger partial charge in [-0.25, -0.2) is 13.8 Å². The van der Waals surface area contributed by atoms with Gasteiger partial charge in [-0.3, -0.25) is 0 Å². The summed E-state index contributed by atoms with van der Waals surface area (Å²) in [5, 5.41) is 0.646. The lowest BCUT2D eigenvalue weighted by atomic mass is 10.0. The average Bonchev–Trinajstić information content (AvgIpc) is 2.57. The Balaban J connectivity index is 1.94. The van der Waals surface area contributed by atoms with Crippen molar-refractivity contribution in [1.29, 1.82) is 0 Å². The van der Waals surface area contributed by atoms with Gasteiger partial charge in [-0.2, -0.15) is 0 Å². The summed E-state index contributed by atoms with van der Waals surface area (Å²) in [7, 11) is 0. The van der Waals surface area contributed by atoms with Crippen LogP contribution in [0.15, 0.2) is 57.0 Å². The highest BCUT2D eigenvalue weighted by Crippen LogP contribution is 2.34. The highest BCUT2D eigenvalue weighted by atomic mass is 79.9. The van der Waals surface area contributed by atoms with E-state index in [1.165, 1.54) is 23.9 Å². The van der Waals surface area contributed by atoms with Crippen LogP contribution in [-0.2, 0) is 6.42 Å². The quantitative estimate of drug-likeness (QED) is 0.389. The molecule has 0 aliphatic carbocycles. The molecule has 0 N–H and O–H groups in total. The monoisotopic (exact) mass is 453 g/mol. The Labute approximate surface area is 168 Å². The molecule has 0 bridgehead atoms. The molecule has 134 valence electrons. The van der Waals surface area contributed by atoms with E-state index in [9.17, 15) is 8.78 Å². The van der Waals surface area contributed by atoms with E-state index < -0.39 is 11.6 Å². The Bertz CT molecular complexity index is 978. The first kappa shape index (κ1) is 19.3. The van der Waals surface area contributed by atoms with Gasteiger partial charge in [-0.15, -0.1) is 0 Å². The van der Waals surface area contributed by atoms with Crippen molar-refractivity contribution in [2.75, 3.05) is 0 Å². The first-order valence-electron chi connectivity index (χ1n) is 7.86. The van der Waals surface area contributed by atoms with Gasteiger partial charge >= 0.3 is 0 Å². The summed E-state index contributed by atoms with van der Waals surface area (Å²) in [5.74, 6) is -0.872. The van der Waals surface area contributed by atoms with Crippen molar-refractivity contribution in [3.63, 3.8) is 0 Å². The van der Waals surface area contributed by atoms with Crippen LogP contribution in [0.2, 0.25) is 5.02 Å². The molecule has 0 spiro atoms. The zero-order valence-corrected chi connectivity index (χ0v) is 17.3. The Morgan fingerprint density at radius 2 is 1.81 bits per heavy atom. The zero-order valence-electron chi connectivity index (χ0n) is 14.1. The SMILES string of the molecule is Cc1cc(Sc2cc(F)cc(Cc3cnc(Br)cc3C)c2F)ccc1Cl. The van der Waals surface area contributed by atoms with Gasteiger partial charge in [0.15, 0.2) is 0 Å². The molecule has 3 rings (SSSR count). The predicted octanol–water partition coefficient (Wildman–Crippen LogP) is 7.13. The van der Waals surface area contributed by atoms with Gasteiger partial charge < -0.3 is 0 Å². The van der Waals surface area contributed by atoms with Crippen LogP contribution < -0.4 is 0 Å². The van der Waals surface area contributed by atoms with Gasteiger partial charge in [0, 0.05) is 22.5 Å². The van der Waals surface area contributed by atoms with Crippen LogP contribution in [0.25, 0.3) is 0 Å². The number of aryl methyl sites for hydroxylation is 2. The third-order valence-electron chi connectivity index (χ3n) is 4.00. The number of hydrogen-bond acceptors (Lipinski definition) is 2. The lowest BCUT2D eigenvalue weighted by molar-refractivity contribution is 0.564. The maximum absolute atomic E-state index is 15.0. The Hall–Kier alpha value is -1.43. The van der Waals surface area contributed by atoms with Crippen LogP contribution in [0.1, 0.15) is 22.3 Å². The second kappa shape index (κ2) is 8.07. The van der Waals surface area contributed by atoms with Crippen molar-refractivity contribution in [3.8, 4) is 0 Å². The van der Waals surface area contributed by atoms with E-state index >= 15 is 0 Å². The number of benzene rings is 2. The summed E-state index contributed by atoms with van der Waals surface area (Å²) in [6.45, 7) is 3.80. The second-order valence-corrected chi connectivity index (χ2v) is 8.34. The normalized spacial score (nSPS) is 11.0. The highest BCUT2D eigenvalue weighted by molar-refractivity contribution is 9.10. The Morgan fingerprint density at radius 3 is 2.50 bits per heavy atom. The number of halogens is 4. The maximum atomic E-state index is 15.0. The van der Waals surface area contributed by atoms with Gasteiger partial charge in [0.1, 0.15) is 16.2 Å². The fourth-order valence-electron chi connectivity index (χ4n) is 2.57. The maximum Gasteiger partial charge on any atom is 0.140 e. The van der Waals surface area contributed by atoms with Crippen molar-refractivity contribution in [2.45, 2.75) is 30.1 Å². The van der Waals surface area contributed by atoms with Crippen molar-refractivity contribution in [2.24, 2.45) is 0 Å². The van der Waals surface area contributed by atoms with E-state index in [4.69, 9.17) is 11.6 Å². The molecular weight excluding hydrogens is 440 g/mol. The van der Waals surface area contributed by atoms with E-state index in [2.05, 4.69) is 20.9 Å². The molecule has 1 heterocycles. The van der Waals surface area contributed by atoms with Crippen LogP contribution in [0.5, 0.6) is 0 Å². The van der Waals surface area contributed by atoms with Gasteiger partial charge in [-0.1, -0.05) is 23.4 Å². The number of aromatic nitrogens is 1. The minimum absolute atomic E-state index is 0.254. The summed E-state index contributed by atoms with van der Waals surface area (Å²) >= 11 is 10.5. The van der Waals surface area contributed by atoms with Crippen LogP contribution >= 0.6 is 39.3 Å². The lowest BCUT2D eigenvalue weighted by Crippen LogP contribution is -1.99. The largest absolute Gasteiger partial charge is 0.249 e. The molecule has 0 amide bonds. The molecule has 3 aromatic rings. The molecule has 2 aromatic carbocycles. The van der Waals surface area contributed by atoms with Crippen LogP contribution in [0, 0.1) is 25.5 Å². The molecule has 1 nitrogen and oxygen atoms in total. The van der Waals surface area contributed by atoms with Crippen molar-refractivity contribution < 1.29 is 8.78 Å². The molecule has 1 aromatic heterocycles. The third kappa shape index (κ3) is 4.45. The third-order valence-corrected chi connectivity index (χ3v) is 5.87. The Kier molecular flexibility index (Phi) is 6.00. The summed E-state index contributed by atoms with van der Waals surface area (Å²) in [6.07, 6.45) is 1.96. The molecule has 0 saturated carbocycles. The molecule has 0 radical (unpaired) electrons. The van der Waals surface area contributed by atoms with E-state index in [0.717, 1.165) is 21.6 Å². The minimum atomic E-state index is -0.461. The van der Waals surface area contributed by atoms with E-state index in [1.807, 2.05) is 26.0 Å². The molecule has 0 aliphatic heterocycles. The summed E-state index contributed by atoms with van der Waals surface area (Å²) < 4.78 is 29.8. The molecule has 0 fully saturated rings. The standard InChI is InChI=1S/C20H15BrClF2NS/c1-11-6-19(21)25-10-14(11)7-13-8-15(23)9-18(20(13)24)26-16-3-4-17(22)12(2)5-16/h3-6,8-10H,7H2,1-2H3. The zero-order chi connectivity index (χ0) is 18.8. The number of nitrogens with zero attached hydrogens (tertiary/aromatic N) is 1.